The number of aromatic hydroxyl groups is 2. The van der Waals surface area contributed by atoms with Crippen LogP contribution in [0.1, 0.15) is 16.1 Å². The van der Waals surface area contributed by atoms with E-state index in [9.17, 15) is 29.7 Å². The van der Waals surface area contributed by atoms with Gasteiger partial charge in [0.15, 0.2) is 11.4 Å². The summed E-state index contributed by atoms with van der Waals surface area (Å²) in [4.78, 5) is 36.6. The highest BCUT2D eigenvalue weighted by molar-refractivity contribution is 5.97. The number of aromatic nitrogens is 2. The fourth-order valence-corrected chi connectivity index (χ4v) is 2.88. The summed E-state index contributed by atoms with van der Waals surface area (Å²) in [6, 6.07) is 11.8. The molecule has 2 aromatic carbocycles. The molecule has 10 nitrogen and oxygen atoms in total. The number of nitrogens with one attached hydrogen (secondary N) is 1. The molecule has 1 amide bonds. The number of nitrogens with zero attached hydrogens (tertiary/aromatic N) is 2. The van der Waals surface area contributed by atoms with Crippen LogP contribution in [0.3, 0.4) is 0 Å². The second kappa shape index (κ2) is 8.99. The lowest BCUT2D eigenvalue weighted by atomic mass is 10.1. The van der Waals surface area contributed by atoms with Gasteiger partial charge in [-0.15, -0.1) is 0 Å². The third kappa shape index (κ3) is 4.81. The normalized spacial score (nSPS) is 11.5. The maximum atomic E-state index is 12.7. The third-order valence-corrected chi connectivity index (χ3v) is 4.42. The quantitative estimate of drug-likeness (QED) is 0.439. The first kappa shape index (κ1) is 21.4. The van der Waals surface area contributed by atoms with Crippen molar-refractivity contribution in [2.24, 2.45) is 0 Å². The van der Waals surface area contributed by atoms with E-state index in [1.807, 2.05) is 0 Å². The van der Waals surface area contributed by atoms with Gasteiger partial charge in [-0.05, 0) is 29.8 Å². The zero-order valence-corrected chi connectivity index (χ0v) is 16.3. The van der Waals surface area contributed by atoms with Gasteiger partial charge in [0.25, 0.3) is 11.5 Å². The van der Waals surface area contributed by atoms with Crippen LogP contribution in [0.5, 0.6) is 17.2 Å². The number of aliphatic carboxylic acids is 1. The summed E-state index contributed by atoms with van der Waals surface area (Å²) in [5, 5.41) is 35.1. The van der Waals surface area contributed by atoms with Gasteiger partial charge < -0.3 is 25.4 Å². The summed E-state index contributed by atoms with van der Waals surface area (Å²) in [7, 11) is 1.40. The molecule has 0 aliphatic carbocycles. The van der Waals surface area contributed by atoms with Gasteiger partial charge >= 0.3 is 5.97 Å². The highest BCUT2D eigenvalue weighted by Gasteiger charge is 2.25. The molecule has 0 saturated heterocycles. The Balaban J connectivity index is 1.92. The molecule has 1 heterocycles. The van der Waals surface area contributed by atoms with Gasteiger partial charge in [-0.1, -0.05) is 24.3 Å². The van der Waals surface area contributed by atoms with Crippen LogP contribution in [-0.2, 0) is 11.2 Å². The van der Waals surface area contributed by atoms with Crippen molar-refractivity contribution >= 4 is 11.9 Å². The third-order valence-electron chi connectivity index (χ3n) is 4.42. The molecule has 0 radical (unpaired) electrons. The average molecular weight is 425 g/mol. The first-order valence-corrected chi connectivity index (χ1v) is 9.08. The number of carbonyl (C=O) groups is 2. The van der Waals surface area contributed by atoms with Gasteiger partial charge in [0.05, 0.1) is 7.11 Å². The smallest absolute Gasteiger partial charge is 0.326 e. The molecule has 1 aromatic heterocycles. The molecule has 4 N–H and O–H groups in total. The second-order valence-corrected chi connectivity index (χ2v) is 6.53. The summed E-state index contributed by atoms with van der Waals surface area (Å²) in [5.41, 5.74) is -0.440. The largest absolute Gasteiger partial charge is 0.508 e. The Morgan fingerprint density at radius 3 is 2.45 bits per heavy atom. The Morgan fingerprint density at radius 2 is 1.81 bits per heavy atom. The first-order chi connectivity index (χ1) is 14.8. The highest BCUT2D eigenvalue weighted by atomic mass is 16.5. The van der Waals surface area contributed by atoms with Crippen molar-refractivity contribution in [3.05, 3.63) is 76.2 Å². The minimum absolute atomic E-state index is 0.0207. The molecule has 3 aromatic rings. The number of phenolic OH excluding ortho intramolecular Hbond substituents is 1. The standard InChI is InChI=1S/C21H19N3O7/c1-31-17-5-3-2-4-15(17)24-18(27)11-16(26)19(23-24)20(28)22-14(21(29)30)10-12-6-8-13(25)9-7-12/h2-9,11,14,25-26H,10H2,1H3,(H,22,28)(H,29,30). The zero-order chi connectivity index (χ0) is 22.5. The number of carboxylic acid groups (broad SMARTS) is 1. The van der Waals surface area contributed by atoms with E-state index in [2.05, 4.69) is 10.4 Å². The van der Waals surface area contributed by atoms with E-state index in [4.69, 9.17) is 4.74 Å². The molecule has 1 atom stereocenters. The van der Waals surface area contributed by atoms with Crippen LogP contribution in [-0.4, -0.2) is 50.1 Å². The summed E-state index contributed by atoms with van der Waals surface area (Å²) in [6.45, 7) is 0. The van der Waals surface area contributed by atoms with Gasteiger partial charge in [-0.25, -0.2) is 4.79 Å². The average Bonchev–Trinajstić information content (AvgIpc) is 2.74. The molecule has 1 unspecified atom stereocenters. The molecule has 10 heteroatoms. The number of carboxylic acids is 1. The van der Waals surface area contributed by atoms with Crippen LogP contribution < -0.4 is 15.6 Å². The van der Waals surface area contributed by atoms with Crippen LogP contribution in [0.4, 0.5) is 0 Å². The van der Waals surface area contributed by atoms with Crippen molar-refractivity contribution in [1.29, 1.82) is 0 Å². The number of rotatable bonds is 7. The predicted molar refractivity (Wildman–Crippen MR) is 109 cm³/mol. The summed E-state index contributed by atoms with van der Waals surface area (Å²) >= 11 is 0. The van der Waals surface area contributed by atoms with Crippen molar-refractivity contribution in [2.45, 2.75) is 12.5 Å². The molecular weight excluding hydrogens is 406 g/mol. The Bertz CT molecular complexity index is 1170. The van der Waals surface area contributed by atoms with Gasteiger partial charge in [0, 0.05) is 12.5 Å². The van der Waals surface area contributed by atoms with Gasteiger partial charge in [0.1, 0.15) is 23.2 Å². The Hall–Kier alpha value is -4.34. The van der Waals surface area contributed by atoms with Crippen molar-refractivity contribution in [3.63, 3.8) is 0 Å². The lowest BCUT2D eigenvalue weighted by molar-refractivity contribution is -0.139. The molecule has 3 rings (SSSR count). The minimum Gasteiger partial charge on any atom is -0.508 e. The van der Waals surface area contributed by atoms with E-state index in [0.29, 0.717) is 11.3 Å². The molecular formula is C21H19N3O7. The molecule has 0 saturated carbocycles. The molecule has 31 heavy (non-hydrogen) atoms. The highest BCUT2D eigenvalue weighted by Crippen LogP contribution is 2.21. The number of hydrogen-bond acceptors (Lipinski definition) is 7. The Morgan fingerprint density at radius 1 is 1.13 bits per heavy atom. The van der Waals surface area contributed by atoms with E-state index in [1.165, 1.54) is 37.4 Å². The first-order valence-electron chi connectivity index (χ1n) is 9.08. The van der Waals surface area contributed by atoms with E-state index in [-0.39, 0.29) is 17.9 Å². The lowest BCUT2D eigenvalue weighted by Gasteiger charge is -2.16. The topological polar surface area (TPSA) is 151 Å². The maximum Gasteiger partial charge on any atom is 0.326 e. The number of phenols is 1. The summed E-state index contributed by atoms with van der Waals surface area (Å²) in [5.74, 6) is -2.65. The van der Waals surface area contributed by atoms with Crippen molar-refractivity contribution in [3.8, 4) is 22.9 Å². The Kier molecular flexibility index (Phi) is 6.20. The molecule has 0 bridgehead atoms. The van der Waals surface area contributed by atoms with Crippen molar-refractivity contribution < 1.29 is 29.6 Å². The monoisotopic (exact) mass is 425 g/mol. The van der Waals surface area contributed by atoms with Gasteiger partial charge in [-0.2, -0.15) is 9.78 Å². The van der Waals surface area contributed by atoms with Crippen LogP contribution >= 0.6 is 0 Å². The maximum absolute atomic E-state index is 12.7. The van der Waals surface area contributed by atoms with Crippen molar-refractivity contribution in [1.82, 2.24) is 15.1 Å². The van der Waals surface area contributed by atoms with Crippen molar-refractivity contribution in [2.75, 3.05) is 7.11 Å². The summed E-state index contributed by atoms with van der Waals surface area (Å²) in [6.07, 6.45) is -0.0751. The van der Waals surface area contributed by atoms with Crippen LogP contribution in [0, 0.1) is 0 Å². The van der Waals surface area contributed by atoms with Gasteiger partial charge in [-0.3, -0.25) is 9.59 Å². The van der Waals surface area contributed by atoms with E-state index < -0.39 is 34.9 Å². The van der Waals surface area contributed by atoms with Crippen LogP contribution in [0.15, 0.2) is 59.4 Å². The fraction of sp³-hybridized carbons (Fsp3) is 0.143. The number of ether oxygens (including phenoxy) is 1. The van der Waals surface area contributed by atoms with E-state index >= 15 is 0 Å². The number of para-hydroxylation sites is 2. The number of methoxy groups -OCH3 is 1. The predicted octanol–water partition coefficient (Wildman–Crippen LogP) is 1.08. The number of benzene rings is 2. The SMILES string of the molecule is COc1ccccc1-n1nc(C(=O)NC(Cc2ccc(O)cc2)C(=O)O)c(O)cc1=O. The molecule has 0 aliphatic rings. The molecule has 0 fully saturated rings. The number of hydrogen-bond donors (Lipinski definition) is 4. The second-order valence-electron chi connectivity index (χ2n) is 6.53. The summed E-state index contributed by atoms with van der Waals surface area (Å²) < 4.78 is 6.08. The van der Waals surface area contributed by atoms with Gasteiger partial charge in [0.2, 0.25) is 0 Å². The molecule has 160 valence electrons. The molecule has 0 aliphatic heterocycles. The Labute approximate surface area is 176 Å². The van der Waals surface area contributed by atoms with E-state index in [0.717, 1.165) is 10.7 Å². The minimum atomic E-state index is -1.34. The van der Waals surface area contributed by atoms with Crippen LogP contribution in [0.2, 0.25) is 0 Å². The fourth-order valence-electron chi connectivity index (χ4n) is 2.88. The zero-order valence-electron chi connectivity index (χ0n) is 16.3. The van der Waals surface area contributed by atoms with Crippen LogP contribution in [0.25, 0.3) is 5.69 Å². The number of amides is 1. The molecule has 0 spiro atoms. The lowest BCUT2D eigenvalue weighted by Crippen LogP contribution is -2.43. The van der Waals surface area contributed by atoms with E-state index in [1.54, 1.807) is 18.2 Å². The number of carbonyl (C=O) groups excluding carboxylic acids is 1.